The summed E-state index contributed by atoms with van der Waals surface area (Å²) in [5.41, 5.74) is 0.383. The van der Waals surface area contributed by atoms with E-state index in [1.54, 1.807) is 18.2 Å². The van der Waals surface area contributed by atoms with E-state index in [1.165, 1.54) is 20.0 Å². The van der Waals surface area contributed by atoms with Crippen LogP contribution in [0.3, 0.4) is 0 Å². The topological polar surface area (TPSA) is 105 Å². The smallest absolute Gasteiger partial charge is 0.333 e. The van der Waals surface area contributed by atoms with Crippen molar-refractivity contribution in [2.24, 2.45) is 5.92 Å². The Morgan fingerprint density at radius 1 is 1.44 bits per heavy atom. The first-order valence-corrected chi connectivity index (χ1v) is 8.51. The molecule has 2 fully saturated rings. The maximum Gasteiger partial charge on any atom is 0.333 e. The molecule has 0 saturated heterocycles. The first kappa shape index (κ1) is 17.5. The number of methoxy groups -OCH3 is 1. The molecule has 0 amide bonds. The number of nitrogens with one attached hydrogen (secondary N) is 1. The second kappa shape index (κ2) is 7.26. The number of carboxylic acids is 1. The number of hydrogen-bond acceptors (Lipinski definition) is 6. The number of aliphatic carboxylic acids is 1. The normalized spacial score (nSPS) is 22.3. The van der Waals surface area contributed by atoms with Gasteiger partial charge in [-0.1, -0.05) is 6.07 Å². The van der Waals surface area contributed by atoms with Crippen LogP contribution in [0.2, 0.25) is 0 Å². The molecule has 8 nitrogen and oxygen atoms in total. The van der Waals surface area contributed by atoms with Crippen LogP contribution in [0.5, 0.6) is 5.75 Å². The van der Waals surface area contributed by atoms with Crippen molar-refractivity contribution in [2.45, 2.75) is 37.8 Å². The molecule has 8 heteroatoms. The number of para-hydroxylation sites is 1. The lowest BCUT2D eigenvalue weighted by atomic mass is 9.85. The Labute approximate surface area is 145 Å². The second-order valence-electron chi connectivity index (χ2n) is 6.85. The van der Waals surface area contributed by atoms with Crippen LogP contribution in [0, 0.1) is 16.0 Å². The zero-order chi connectivity index (χ0) is 18.0. The fourth-order valence-corrected chi connectivity index (χ4v) is 3.36. The maximum atomic E-state index is 11.3. The molecule has 2 N–H and O–H groups in total. The highest BCUT2D eigenvalue weighted by atomic mass is 16.6. The van der Waals surface area contributed by atoms with Gasteiger partial charge in [0, 0.05) is 18.6 Å². The molecule has 1 aromatic rings. The van der Waals surface area contributed by atoms with Crippen molar-refractivity contribution in [3.8, 4) is 5.75 Å². The number of rotatable bonds is 9. The van der Waals surface area contributed by atoms with E-state index in [0.717, 1.165) is 19.4 Å². The van der Waals surface area contributed by atoms with Crippen LogP contribution in [0.1, 0.15) is 25.7 Å². The van der Waals surface area contributed by atoms with Crippen LogP contribution in [0.15, 0.2) is 18.2 Å². The fourth-order valence-electron chi connectivity index (χ4n) is 3.36. The number of nitro groups is 1. The third-order valence-electron chi connectivity index (χ3n) is 4.92. The molecule has 0 heterocycles. The quantitative estimate of drug-likeness (QED) is 0.521. The van der Waals surface area contributed by atoms with Gasteiger partial charge in [0.25, 0.3) is 0 Å². The number of nitrogens with zero attached hydrogens (tertiary/aromatic N) is 2. The third kappa shape index (κ3) is 4.19. The monoisotopic (exact) mass is 349 g/mol. The van der Waals surface area contributed by atoms with Gasteiger partial charge in [0.05, 0.1) is 18.6 Å². The van der Waals surface area contributed by atoms with E-state index in [1.807, 2.05) is 4.90 Å². The number of nitro benzene ring substituents is 1. The van der Waals surface area contributed by atoms with E-state index in [4.69, 9.17) is 9.84 Å². The van der Waals surface area contributed by atoms with Crippen molar-refractivity contribution < 1.29 is 19.6 Å². The first-order chi connectivity index (χ1) is 12.0. The van der Waals surface area contributed by atoms with Crippen LogP contribution in [0.4, 0.5) is 11.4 Å². The summed E-state index contributed by atoms with van der Waals surface area (Å²) in [5.74, 6) is 0.0541. The van der Waals surface area contributed by atoms with E-state index in [9.17, 15) is 14.9 Å². The summed E-state index contributed by atoms with van der Waals surface area (Å²) in [6.07, 6.45) is 3.93. The lowest BCUT2D eigenvalue weighted by Gasteiger charge is -2.43. The summed E-state index contributed by atoms with van der Waals surface area (Å²) < 4.78 is 5.08. The minimum absolute atomic E-state index is 0.0613. The number of hydrogen-bond donors (Lipinski definition) is 2. The highest BCUT2D eigenvalue weighted by molar-refractivity contribution is 5.69. The van der Waals surface area contributed by atoms with Gasteiger partial charge in [-0.25, -0.2) is 0 Å². The zero-order valence-electron chi connectivity index (χ0n) is 14.2. The van der Waals surface area contributed by atoms with Crippen molar-refractivity contribution >= 4 is 17.3 Å². The van der Waals surface area contributed by atoms with E-state index >= 15 is 0 Å². The minimum Gasteiger partial charge on any atom is -0.490 e. The highest BCUT2D eigenvalue weighted by Crippen LogP contribution is 2.38. The van der Waals surface area contributed by atoms with E-state index in [2.05, 4.69) is 5.32 Å². The van der Waals surface area contributed by atoms with E-state index in [-0.39, 0.29) is 30.1 Å². The Hall–Kier alpha value is -2.35. The Bertz CT molecular complexity index is 656. The van der Waals surface area contributed by atoms with Gasteiger partial charge >= 0.3 is 11.7 Å². The molecule has 0 radical (unpaired) electrons. The highest BCUT2D eigenvalue weighted by Gasteiger charge is 2.38. The SMILES string of the molecule is COc1cccc(NC2CC(N(CC(=O)O)CC3CC3)C2)c1[N+](=O)[O-]. The molecule has 0 aromatic heterocycles. The molecule has 2 aliphatic carbocycles. The number of anilines is 1. The van der Waals surface area contributed by atoms with E-state index in [0.29, 0.717) is 11.6 Å². The van der Waals surface area contributed by atoms with E-state index < -0.39 is 10.9 Å². The van der Waals surface area contributed by atoms with Crippen molar-refractivity contribution in [2.75, 3.05) is 25.5 Å². The average Bonchev–Trinajstić information content (AvgIpc) is 3.32. The number of benzene rings is 1. The van der Waals surface area contributed by atoms with Gasteiger partial charge in [0.15, 0.2) is 5.75 Å². The first-order valence-electron chi connectivity index (χ1n) is 8.51. The molecule has 0 aliphatic heterocycles. The molecule has 1 aromatic carbocycles. The van der Waals surface area contributed by atoms with Gasteiger partial charge < -0.3 is 15.2 Å². The largest absolute Gasteiger partial charge is 0.490 e. The van der Waals surface area contributed by atoms with Crippen LogP contribution in [0.25, 0.3) is 0 Å². The molecule has 136 valence electrons. The zero-order valence-corrected chi connectivity index (χ0v) is 14.2. The van der Waals surface area contributed by atoms with Crippen molar-refractivity contribution in [1.82, 2.24) is 4.90 Å². The molecule has 2 aliphatic rings. The molecule has 0 bridgehead atoms. The fraction of sp³-hybridized carbons (Fsp3) is 0.588. The Morgan fingerprint density at radius 3 is 2.72 bits per heavy atom. The van der Waals surface area contributed by atoms with Crippen LogP contribution in [-0.2, 0) is 4.79 Å². The predicted octanol–water partition coefficient (Wildman–Crippen LogP) is 2.34. The van der Waals surface area contributed by atoms with Gasteiger partial charge in [-0.3, -0.25) is 19.8 Å². The number of carboxylic acid groups (broad SMARTS) is 1. The average molecular weight is 349 g/mol. The van der Waals surface area contributed by atoms with Gasteiger partial charge in [-0.05, 0) is 43.7 Å². The summed E-state index contributed by atoms with van der Waals surface area (Å²) in [6.45, 7) is 0.899. The molecule has 0 spiro atoms. The molecule has 0 atom stereocenters. The Balaban J connectivity index is 1.61. The summed E-state index contributed by atoms with van der Waals surface area (Å²) >= 11 is 0. The molecular weight excluding hydrogens is 326 g/mol. The third-order valence-corrected chi connectivity index (χ3v) is 4.92. The van der Waals surface area contributed by atoms with Gasteiger partial charge in [-0.2, -0.15) is 0 Å². The second-order valence-corrected chi connectivity index (χ2v) is 6.85. The maximum absolute atomic E-state index is 11.3. The van der Waals surface area contributed by atoms with Crippen molar-refractivity contribution in [1.29, 1.82) is 0 Å². The molecular formula is C17H23N3O5. The lowest BCUT2D eigenvalue weighted by molar-refractivity contribution is -0.384. The standard InChI is InChI=1S/C17H23N3O5/c1-25-15-4-2-3-14(17(15)20(23)24)18-12-7-13(8-12)19(10-16(21)22)9-11-5-6-11/h2-4,11-13,18H,5-10H2,1H3,(H,21,22). The summed E-state index contributed by atoms with van der Waals surface area (Å²) in [7, 11) is 1.41. The summed E-state index contributed by atoms with van der Waals surface area (Å²) in [5, 5.41) is 23.6. The van der Waals surface area contributed by atoms with Crippen LogP contribution in [-0.4, -0.2) is 53.2 Å². The lowest BCUT2D eigenvalue weighted by Crippen LogP contribution is -2.52. The number of carbonyl (C=O) groups is 1. The van der Waals surface area contributed by atoms with Crippen LogP contribution >= 0.6 is 0 Å². The molecule has 2 saturated carbocycles. The molecule has 25 heavy (non-hydrogen) atoms. The number of ether oxygens (including phenoxy) is 1. The minimum atomic E-state index is -0.805. The van der Waals surface area contributed by atoms with Crippen LogP contribution < -0.4 is 10.1 Å². The Kier molecular flexibility index (Phi) is 5.08. The summed E-state index contributed by atoms with van der Waals surface area (Å²) in [6, 6.07) is 5.28. The predicted molar refractivity (Wildman–Crippen MR) is 92.0 cm³/mol. The van der Waals surface area contributed by atoms with Crippen molar-refractivity contribution in [3.05, 3.63) is 28.3 Å². The van der Waals surface area contributed by atoms with Gasteiger partial charge in [0.2, 0.25) is 0 Å². The summed E-state index contributed by atoms with van der Waals surface area (Å²) in [4.78, 5) is 24.0. The van der Waals surface area contributed by atoms with Gasteiger partial charge in [-0.15, -0.1) is 0 Å². The molecule has 0 unspecified atom stereocenters. The Morgan fingerprint density at radius 2 is 2.16 bits per heavy atom. The molecule has 3 rings (SSSR count). The van der Waals surface area contributed by atoms with Gasteiger partial charge in [0.1, 0.15) is 5.69 Å². The van der Waals surface area contributed by atoms with Crippen molar-refractivity contribution in [3.63, 3.8) is 0 Å².